The van der Waals surface area contributed by atoms with Gasteiger partial charge >= 0.3 is 0 Å². The number of halogens is 2. The number of imide groups is 1. The number of nitrogens with zero attached hydrogens (tertiary/aromatic N) is 1. The molecule has 1 fully saturated rings. The molecule has 0 saturated carbocycles. The highest BCUT2D eigenvalue weighted by Gasteiger charge is 2.34. The molecular weight excluding hydrogens is 482 g/mol. The standard InChI is InChI=1S/C19H15Br2NO3S/c1-25-17-13(9-14(20)11-15(17)21)10-16-18(23)22(19(24)26-16)8-7-12-5-3-2-4-6-12/h2-6,9-11H,7-8H2,1H3/b16-10-. The quantitative estimate of drug-likeness (QED) is 0.513. The summed E-state index contributed by atoms with van der Waals surface area (Å²) in [5.74, 6) is 0.346. The highest BCUT2D eigenvalue weighted by molar-refractivity contribution is 9.11. The van der Waals surface area contributed by atoms with Crippen LogP contribution in [-0.2, 0) is 11.2 Å². The van der Waals surface area contributed by atoms with Crippen LogP contribution in [0.1, 0.15) is 11.1 Å². The molecule has 1 heterocycles. The Kier molecular flexibility index (Phi) is 6.21. The molecule has 0 N–H and O–H groups in total. The van der Waals surface area contributed by atoms with E-state index in [4.69, 9.17) is 4.74 Å². The van der Waals surface area contributed by atoms with Crippen molar-refractivity contribution >= 4 is 60.8 Å². The number of ether oxygens (including phenoxy) is 1. The van der Waals surface area contributed by atoms with Gasteiger partial charge in [-0.1, -0.05) is 46.3 Å². The Bertz CT molecular complexity index is 884. The molecule has 0 atom stereocenters. The van der Waals surface area contributed by atoms with Gasteiger partial charge in [0.2, 0.25) is 0 Å². The molecule has 0 bridgehead atoms. The van der Waals surface area contributed by atoms with Gasteiger partial charge in [0, 0.05) is 16.6 Å². The Labute approximate surface area is 172 Å². The van der Waals surface area contributed by atoms with E-state index in [1.807, 2.05) is 42.5 Å². The van der Waals surface area contributed by atoms with Crippen molar-refractivity contribution < 1.29 is 14.3 Å². The topological polar surface area (TPSA) is 46.6 Å². The van der Waals surface area contributed by atoms with E-state index in [0.717, 1.165) is 31.8 Å². The first-order chi connectivity index (χ1) is 12.5. The van der Waals surface area contributed by atoms with Gasteiger partial charge in [0.25, 0.3) is 11.1 Å². The Hall–Kier alpha value is -1.57. The largest absolute Gasteiger partial charge is 0.495 e. The predicted molar refractivity (Wildman–Crippen MR) is 111 cm³/mol. The van der Waals surface area contributed by atoms with Crippen LogP contribution in [0.3, 0.4) is 0 Å². The molecule has 0 aromatic heterocycles. The van der Waals surface area contributed by atoms with Crippen molar-refractivity contribution in [2.45, 2.75) is 6.42 Å². The fraction of sp³-hybridized carbons (Fsp3) is 0.158. The van der Waals surface area contributed by atoms with Crippen LogP contribution in [0, 0.1) is 0 Å². The fourth-order valence-corrected chi connectivity index (χ4v) is 4.90. The molecular formula is C19H15Br2NO3S. The number of hydrogen-bond acceptors (Lipinski definition) is 4. The molecule has 2 amide bonds. The maximum atomic E-state index is 12.7. The van der Waals surface area contributed by atoms with Crippen molar-refractivity contribution in [1.82, 2.24) is 4.90 Å². The van der Waals surface area contributed by atoms with Crippen LogP contribution in [0.2, 0.25) is 0 Å². The minimum atomic E-state index is -0.269. The van der Waals surface area contributed by atoms with Crippen LogP contribution in [0.15, 0.2) is 56.3 Å². The lowest BCUT2D eigenvalue weighted by Gasteiger charge is -2.12. The second-order valence-electron chi connectivity index (χ2n) is 5.58. The molecule has 7 heteroatoms. The SMILES string of the molecule is COc1c(Br)cc(Br)cc1/C=C1\SC(=O)N(CCc2ccccc2)C1=O. The van der Waals surface area contributed by atoms with E-state index in [-0.39, 0.29) is 11.1 Å². The second-order valence-corrected chi connectivity index (χ2v) is 8.34. The molecule has 2 aromatic rings. The number of carbonyl (C=O) groups excluding carboxylic acids is 2. The number of amides is 2. The molecule has 0 spiro atoms. The molecule has 26 heavy (non-hydrogen) atoms. The number of benzene rings is 2. The summed E-state index contributed by atoms with van der Waals surface area (Å²) in [7, 11) is 1.57. The average Bonchev–Trinajstić information content (AvgIpc) is 2.87. The molecule has 1 aliphatic rings. The smallest absolute Gasteiger partial charge is 0.293 e. The number of thioether (sulfide) groups is 1. The zero-order chi connectivity index (χ0) is 18.7. The maximum Gasteiger partial charge on any atom is 0.293 e. The number of hydrogen-bond donors (Lipinski definition) is 0. The summed E-state index contributed by atoms with van der Waals surface area (Å²) in [6.07, 6.45) is 2.33. The minimum Gasteiger partial charge on any atom is -0.495 e. The first kappa shape index (κ1) is 19.2. The summed E-state index contributed by atoms with van der Waals surface area (Å²) < 4.78 is 7.02. The monoisotopic (exact) mass is 495 g/mol. The minimum absolute atomic E-state index is 0.245. The van der Waals surface area contributed by atoms with E-state index < -0.39 is 0 Å². The van der Waals surface area contributed by atoms with Gasteiger partial charge in [-0.05, 0) is 57.9 Å². The molecule has 0 aliphatic carbocycles. The number of methoxy groups -OCH3 is 1. The maximum absolute atomic E-state index is 12.7. The van der Waals surface area contributed by atoms with Gasteiger partial charge in [-0.3, -0.25) is 14.5 Å². The lowest BCUT2D eigenvalue weighted by Crippen LogP contribution is -2.30. The van der Waals surface area contributed by atoms with Gasteiger partial charge in [0.15, 0.2) is 0 Å². The van der Waals surface area contributed by atoms with Crippen LogP contribution in [0.5, 0.6) is 5.75 Å². The van der Waals surface area contributed by atoms with Crippen molar-refractivity contribution in [1.29, 1.82) is 0 Å². The van der Waals surface area contributed by atoms with Gasteiger partial charge < -0.3 is 4.74 Å². The highest BCUT2D eigenvalue weighted by atomic mass is 79.9. The normalized spacial score (nSPS) is 15.8. The van der Waals surface area contributed by atoms with Crippen LogP contribution >= 0.6 is 43.6 Å². The van der Waals surface area contributed by atoms with Gasteiger partial charge in [-0.2, -0.15) is 0 Å². The first-order valence-corrected chi connectivity index (χ1v) is 10.2. The summed E-state index contributed by atoms with van der Waals surface area (Å²) in [4.78, 5) is 26.6. The van der Waals surface area contributed by atoms with E-state index in [0.29, 0.717) is 23.6 Å². The third-order valence-corrected chi connectivity index (χ3v) is 5.82. The number of carbonyl (C=O) groups is 2. The summed E-state index contributed by atoms with van der Waals surface area (Å²) in [5, 5.41) is -0.245. The summed E-state index contributed by atoms with van der Waals surface area (Å²) in [5.41, 5.74) is 1.82. The molecule has 1 saturated heterocycles. The van der Waals surface area contributed by atoms with E-state index >= 15 is 0 Å². The lowest BCUT2D eigenvalue weighted by molar-refractivity contribution is -0.122. The molecule has 4 nitrogen and oxygen atoms in total. The summed E-state index contributed by atoms with van der Waals surface area (Å²) in [6.45, 7) is 0.366. The van der Waals surface area contributed by atoms with E-state index in [2.05, 4.69) is 31.9 Å². The van der Waals surface area contributed by atoms with Crippen LogP contribution in [-0.4, -0.2) is 29.7 Å². The molecule has 0 radical (unpaired) electrons. The molecule has 2 aromatic carbocycles. The van der Waals surface area contributed by atoms with Gasteiger partial charge in [-0.15, -0.1) is 0 Å². The van der Waals surface area contributed by atoms with Crippen molar-refractivity contribution in [3.05, 3.63) is 67.4 Å². The first-order valence-electron chi connectivity index (χ1n) is 7.82. The Balaban J connectivity index is 1.81. The van der Waals surface area contributed by atoms with Gasteiger partial charge in [0.1, 0.15) is 5.75 Å². The highest BCUT2D eigenvalue weighted by Crippen LogP contribution is 2.38. The Morgan fingerprint density at radius 1 is 1.15 bits per heavy atom. The molecule has 134 valence electrons. The van der Waals surface area contributed by atoms with Crippen LogP contribution in [0.4, 0.5) is 4.79 Å². The summed E-state index contributed by atoms with van der Waals surface area (Å²) >= 11 is 7.83. The molecule has 0 unspecified atom stereocenters. The Morgan fingerprint density at radius 3 is 2.58 bits per heavy atom. The van der Waals surface area contributed by atoms with Crippen molar-refractivity contribution in [2.75, 3.05) is 13.7 Å². The van der Waals surface area contributed by atoms with Crippen molar-refractivity contribution in [3.8, 4) is 5.75 Å². The predicted octanol–water partition coefficient (Wildman–Crippen LogP) is 5.50. The van der Waals surface area contributed by atoms with Gasteiger partial charge in [0.05, 0.1) is 16.5 Å². The van der Waals surface area contributed by atoms with Gasteiger partial charge in [-0.25, -0.2) is 0 Å². The van der Waals surface area contributed by atoms with E-state index in [9.17, 15) is 9.59 Å². The van der Waals surface area contributed by atoms with E-state index in [1.165, 1.54) is 4.90 Å². The Morgan fingerprint density at radius 2 is 1.88 bits per heavy atom. The lowest BCUT2D eigenvalue weighted by atomic mass is 10.1. The van der Waals surface area contributed by atoms with E-state index in [1.54, 1.807) is 13.2 Å². The molecule has 3 rings (SSSR count). The average molecular weight is 497 g/mol. The third-order valence-electron chi connectivity index (χ3n) is 3.87. The van der Waals surface area contributed by atoms with Crippen LogP contribution in [0.25, 0.3) is 6.08 Å². The zero-order valence-corrected chi connectivity index (χ0v) is 17.9. The summed E-state index contributed by atoms with van der Waals surface area (Å²) in [6, 6.07) is 13.5. The van der Waals surface area contributed by atoms with Crippen molar-refractivity contribution in [2.24, 2.45) is 0 Å². The van der Waals surface area contributed by atoms with Crippen LogP contribution < -0.4 is 4.74 Å². The number of rotatable bonds is 5. The van der Waals surface area contributed by atoms with Crippen molar-refractivity contribution in [3.63, 3.8) is 0 Å². The fourth-order valence-electron chi connectivity index (χ4n) is 2.62. The second kappa shape index (κ2) is 8.41. The third kappa shape index (κ3) is 4.22. The molecule has 1 aliphatic heterocycles. The zero-order valence-electron chi connectivity index (χ0n) is 13.9.